The number of likely N-dealkylation sites (N-methyl/N-ethyl adjacent to an activating group) is 2. The van der Waals surface area contributed by atoms with Crippen molar-refractivity contribution < 1.29 is 33.4 Å². The first kappa shape index (κ1) is 53.5. The van der Waals surface area contributed by atoms with E-state index in [1.807, 2.05) is 44.4 Å². The number of likely N-dealkylation sites (tertiary alicyclic amines) is 1. The summed E-state index contributed by atoms with van der Waals surface area (Å²) >= 11 is 12.8. The van der Waals surface area contributed by atoms with Crippen LogP contribution in [0.2, 0.25) is 0 Å². The van der Waals surface area contributed by atoms with Gasteiger partial charge in [-0.2, -0.15) is 0 Å². The molecule has 2 unspecified atom stereocenters. The lowest BCUT2D eigenvalue weighted by molar-refractivity contribution is -0.157. The van der Waals surface area contributed by atoms with Crippen LogP contribution in [0.4, 0.5) is 4.79 Å². The Morgan fingerprint density at radius 3 is 2.61 bits per heavy atom. The summed E-state index contributed by atoms with van der Waals surface area (Å²) in [7, 11) is 5.22. The molecule has 6 bridgehead atoms. The van der Waals surface area contributed by atoms with Gasteiger partial charge in [-0.3, -0.25) is 29.2 Å². The number of thiazole rings is 1. The number of rotatable bonds is 11. The quantitative estimate of drug-likeness (QED) is 0.0823. The molecular weight excluding hydrogens is 975 g/mol. The van der Waals surface area contributed by atoms with Gasteiger partial charge in [0.05, 0.1) is 51.7 Å². The lowest BCUT2D eigenvalue weighted by Crippen LogP contribution is -2.66. The number of nitrogens with zero attached hydrogens (tertiary/aromatic N) is 7. The van der Waals surface area contributed by atoms with E-state index in [9.17, 15) is 24.0 Å². The van der Waals surface area contributed by atoms with Crippen molar-refractivity contribution in [2.45, 2.75) is 110 Å². The van der Waals surface area contributed by atoms with Crippen LogP contribution in [0.3, 0.4) is 0 Å². The number of hydrogen-bond donors (Lipinski definition) is 2. The molecular formula is C51H67N9O7S3Si. The van der Waals surface area contributed by atoms with Gasteiger partial charge in [-0.15, -0.1) is 11.3 Å². The number of fused-ring (bicyclic) bond motifs is 6. The smallest absolute Gasteiger partial charge is 0.323 e. The molecule has 20 heteroatoms. The van der Waals surface area contributed by atoms with Crippen LogP contribution in [0.15, 0.2) is 54.6 Å². The molecule has 2 fully saturated rings. The summed E-state index contributed by atoms with van der Waals surface area (Å²) in [6.45, 7) is 16.9. The number of ether oxygens (including phenoxy) is 2. The summed E-state index contributed by atoms with van der Waals surface area (Å²) in [5.41, 5.74) is 8.96. The molecule has 0 aliphatic carbocycles. The van der Waals surface area contributed by atoms with Crippen molar-refractivity contribution in [1.82, 2.24) is 45.0 Å². The molecule has 71 heavy (non-hydrogen) atoms. The van der Waals surface area contributed by atoms with E-state index in [0.717, 1.165) is 39.0 Å². The molecule has 3 aliphatic rings. The average molecular weight is 1040 g/mol. The molecule has 6 atom stereocenters. The number of pyridine rings is 1. The van der Waals surface area contributed by atoms with Gasteiger partial charge in [0.25, 0.3) is 0 Å². The summed E-state index contributed by atoms with van der Waals surface area (Å²) in [5, 5.41) is 8.40. The highest BCUT2D eigenvalue weighted by molar-refractivity contribution is 7.80. The van der Waals surface area contributed by atoms with Crippen LogP contribution < -0.4 is 10.7 Å². The fourth-order valence-corrected chi connectivity index (χ4v) is 12.6. The molecule has 6 heterocycles. The fourth-order valence-electron chi connectivity index (χ4n) is 10.5. The van der Waals surface area contributed by atoms with Gasteiger partial charge in [-0.25, -0.2) is 15.2 Å². The maximum Gasteiger partial charge on any atom is 0.323 e. The van der Waals surface area contributed by atoms with E-state index >= 15 is 0 Å². The van der Waals surface area contributed by atoms with Crippen molar-refractivity contribution in [3.8, 4) is 22.5 Å². The van der Waals surface area contributed by atoms with Crippen molar-refractivity contribution >= 4 is 97.0 Å². The highest BCUT2D eigenvalue weighted by atomic mass is 32.1. The Bertz CT molecular complexity index is 2740. The van der Waals surface area contributed by atoms with Gasteiger partial charge < -0.3 is 34.1 Å². The van der Waals surface area contributed by atoms with Crippen molar-refractivity contribution in [3.05, 3.63) is 70.8 Å². The number of esters is 1. The zero-order chi connectivity index (χ0) is 51.7. The molecule has 7 rings (SSSR count). The second kappa shape index (κ2) is 21.8. The topological polar surface area (TPSA) is 172 Å². The second-order valence-electron chi connectivity index (χ2n) is 20.2. The van der Waals surface area contributed by atoms with E-state index < -0.39 is 46.4 Å². The van der Waals surface area contributed by atoms with E-state index in [2.05, 4.69) is 54.8 Å². The number of hydrogen-bond acceptors (Lipinski definition) is 13. The van der Waals surface area contributed by atoms with E-state index in [-0.39, 0.29) is 48.0 Å². The van der Waals surface area contributed by atoms with E-state index in [1.165, 1.54) is 27.3 Å². The first-order valence-corrected chi connectivity index (χ1v) is 27.0. The molecule has 2 N–H and O–H groups in total. The van der Waals surface area contributed by atoms with Gasteiger partial charge in [0.1, 0.15) is 17.3 Å². The average Bonchev–Trinajstić information content (AvgIpc) is 4.06. The van der Waals surface area contributed by atoms with Crippen LogP contribution in [0, 0.1) is 17.3 Å². The van der Waals surface area contributed by atoms with Gasteiger partial charge in [0.2, 0.25) is 17.7 Å². The monoisotopic (exact) mass is 1040 g/mol. The van der Waals surface area contributed by atoms with Crippen LogP contribution in [-0.4, -0.2) is 149 Å². The number of aryl methyl sites for hydroxylation is 1. The number of methoxy groups -OCH3 is 1. The lowest BCUT2D eigenvalue weighted by atomic mass is 9.84. The summed E-state index contributed by atoms with van der Waals surface area (Å²) in [6.07, 6.45) is 4.65. The first-order valence-electron chi connectivity index (χ1n) is 24.3. The van der Waals surface area contributed by atoms with Gasteiger partial charge in [0, 0.05) is 102 Å². The lowest BCUT2D eigenvalue weighted by Gasteiger charge is -2.41. The summed E-state index contributed by atoms with van der Waals surface area (Å²) < 4.78 is 14.4. The molecule has 0 saturated carbocycles. The maximum atomic E-state index is 14.9. The Hall–Kier alpha value is -5.25. The molecule has 380 valence electrons. The molecule has 3 aromatic heterocycles. The van der Waals surface area contributed by atoms with Crippen molar-refractivity contribution in [1.29, 1.82) is 0 Å². The van der Waals surface area contributed by atoms with Crippen LogP contribution >= 0.6 is 35.8 Å². The summed E-state index contributed by atoms with van der Waals surface area (Å²) in [6, 6.07) is 8.41. The minimum absolute atomic E-state index is 0.0221. The number of amides is 5. The predicted molar refractivity (Wildman–Crippen MR) is 288 cm³/mol. The normalized spacial score (nSPS) is 22.4. The Kier molecular flexibility index (Phi) is 16.5. The number of cyclic esters (lactones) is 1. The zero-order valence-electron chi connectivity index (χ0n) is 42.4. The first-order chi connectivity index (χ1) is 33.7. The number of aromatic nitrogens is 3. The molecule has 16 nitrogen and oxygen atoms in total. The number of benzene rings is 1. The zero-order valence-corrected chi connectivity index (χ0v) is 46.9. The second-order valence-corrected chi connectivity index (χ2v) is 23.6. The number of thiocarbonyl (C=S) groups is 2. The Balaban J connectivity index is 1.26. The number of nitrogens with one attached hydrogen (secondary N) is 2. The molecule has 0 spiro atoms. The van der Waals surface area contributed by atoms with Gasteiger partial charge in [0.15, 0.2) is 0 Å². The van der Waals surface area contributed by atoms with Crippen LogP contribution in [0.25, 0.3) is 33.4 Å². The number of carbonyl (C=O) groups excluding carboxylic acids is 5. The Labute approximate surface area is 434 Å². The largest absolute Gasteiger partial charge is 0.464 e. The third kappa shape index (κ3) is 10.8. The Morgan fingerprint density at radius 2 is 1.93 bits per heavy atom. The van der Waals surface area contributed by atoms with Gasteiger partial charge in [-0.05, 0) is 81.4 Å². The number of carbonyl (C=O) groups is 5. The van der Waals surface area contributed by atoms with Crippen molar-refractivity contribution in [2.24, 2.45) is 17.3 Å². The molecule has 0 radical (unpaired) electrons. The molecule has 1 aromatic carbocycles. The standard InChI is InChI=1S/C51H67N9O7S3Si/c1-11-41(61)56(8)37-18-22-59(30(37)5)49(65)57(9)43(29(3)4)45(62)54-46(69)34-24-40-53-36(27-70-40)31-16-17-38-33(23-31)35(44(58(38)12-2)32-15-13-20-52-42(32)39(26-68)66-10)25-50(6,7)28-67-48(64)51(71)19-14-21-60(55-51)47(34)63/h11,13,15-17,20,23,26-27,29-30,34,37,39,43,55H,1,12,14,18-19,21-22,24-25,28H2,2-10,71H3,(H,54,62,69)/t30-,34?,37?,39-,43-,51-/m0/s1. The van der Waals surface area contributed by atoms with Crippen molar-refractivity contribution in [3.63, 3.8) is 0 Å². The SMILES string of the molecule is C=CC(=O)N(C)C1CCN(C(=O)N(C)[C@H](C(=O)NC(=S)C2Cc3nc(cs3)-c3ccc4c(c3)c(c(-c3cccnc3[C@H](C=S)OC)n4CC)CC(C)(C)COC(=O)[C@@]3([SiH3])CCCN(N3)C2=O)C(C)C)[C@H]1C. The van der Waals surface area contributed by atoms with E-state index in [0.29, 0.717) is 66.3 Å². The number of urea groups is 1. The van der Waals surface area contributed by atoms with E-state index in [1.54, 1.807) is 42.6 Å². The molecule has 2 saturated heterocycles. The fraction of sp³-hybridized carbons (Fsp3) is 0.510. The van der Waals surface area contributed by atoms with Crippen LogP contribution in [0.5, 0.6) is 0 Å². The highest BCUT2D eigenvalue weighted by Gasteiger charge is 2.45. The molecule has 5 amide bonds. The summed E-state index contributed by atoms with van der Waals surface area (Å²) in [4.78, 5) is 84.9. The summed E-state index contributed by atoms with van der Waals surface area (Å²) in [5.74, 6) is -3.04. The van der Waals surface area contributed by atoms with Crippen LogP contribution in [0.1, 0.15) is 83.2 Å². The van der Waals surface area contributed by atoms with Crippen LogP contribution in [-0.2, 0) is 48.0 Å². The van der Waals surface area contributed by atoms with Gasteiger partial charge >= 0.3 is 12.0 Å². The van der Waals surface area contributed by atoms with Gasteiger partial charge in [-0.1, -0.05) is 64.8 Å². The maximum absolute atomic E-state index is 14.9. The minimum Gasteiger partial charge on any atom is -0.464 e. The highest BCUT2D eigenvalue weighted by Crippen LogP contribution is 2.42. The number of hydrazine groups is 1. The predicted octanol–water partition coefficient (Wildman–Crippen LogP) is 5.63. The minimum atomic E-state index is -1.12. The third-order valence-corrected chi connectivity index (χ3v) is 17.0. The third-order valence-electron chi connectivity index (χ3n) is 14.3. The molecule has 3 aliphatic heterocycles. The van der Waals surface area contributed by atoms with Crippen molar-refractivity contribution in [2.75, 3.05) is 40.9 Å². The molecule has 4 aromatic rings. The Morgan fingerprint density at radius 1 is 1.18 bits per heavy atom. The van der Waals surface area contributed by atoms with E-state index in [4.69, 9.17) is 43.9 Å².